The lowest BCUT2D eigenvalue weighted by molar-refractivity contribution is 0.835. The monoisotopic (exact) mass is 230 g/mol. The van der Waals surface area contributed by atoms with E-state index in [1.165, 1.54) is 0 Å². The van der Waals surface area contributed by atoms with Crippen molar-refractivity contribution in [1.82, 2.24) is 4.57 Å². The summed E-state index contributed by atoms with van der Waals surface area (Å²) in [6, 6.07) is 7.36. The molecule has 0 amide bonds. The van der Waals surface area contributed by atoms with Crippen LogP contribution in [0.2, 0.25) is 0 Å². The molecule has 0 saturated carbocycles. The second-order valence-corrected chi connectivity index (χ2v) is 4.12. The SMILES string of the molecule is C#CCn1c(-c2ccc(N)cc2)csc1=O. The Kier molecular flexibility index (Phi) is 2.80. The normalized spacial score (nSPS) is 9.94. The minimum atomic E-state index is -0.0372. The van der Waals surface area contributed by atoms with E-state index in [4.69, 9.17) is 12.2 Å². The fourth-order valence-corrected chi connectivity index (χ4v) is 2.22. The largest absolute Gasteiger partial charge is 0.399 e. The first-order valence-corrected chi connectivity index (χ1v) is 5.58. The van der Waals surface area contributed by atoms with Gasteiger partial charge in [-0.05, 0) is 17.7 Å². The molecule has 0 spiro atoms. The van der Waals surface area contributed by atoms with Gasteiger partial charge in [-0.3, -0.25) is 9.36 Å². The lowest BCUT2D eigenvalue weighted by atomic mass is 10.1. The number of hydrogen-bond acceptors (Lipinski definition) is 3. The van der Waals surface area contributed by atoms with Crippen LogP contribution >= 0.6 is 11.3 Å². The molecule has 0 bridgehead atoms. The average molecular weight is 230 g/mol. The van der Waals surface area contributed by atoms with Crippen molar-refractivity contribution in [2.75, 3.05) is 5.73 Å². The zero-order chi connectivity index (χ0) is 11.5. The predicted molar refractivity (Wildman–Crippen MR) is 67.3 cm³/mol. The first-order chi connectivity index (χ1) is 7.72. The zero-order valence-corrected chi connectivity index (χ0v) is 9.33. The van der Waals surface area contributed by atoms with Gasteiger partial charge in [0.15, 0.2) is 0 Å². The smallest absolute Gasteiger partial charge is 0.308 e. The highest BCUT2D eigenvalue weighted by Crippen LogP contribution is 2.20. The van der Waals surface area contributed by atoms with Crippen molar-refractivity contribution in [3.05, 3.63) is 39.3 Å². The molecule has 2 rings (SSSR count). The molecule has 0 fully saturated rings. The molecule has 0 aliphatic rings. The summed E-state index contributed by atoms with van der Waals surface area (Å²) in [5.74, 6) is 2.48. The van der Waals surface area contributed by atoms with Crippen LogP contribution in [-0.4, -0.2) is 4.57 Å². The number of nitrogens with two attached hydrogens (primary N) is 1. The van der Waals surface area contributed by atoms with Crippen molar-refractivity contribution >= 4 is 17.0 Å². The maximum absolute atomic E-state index is 11.5. The molecule has 1 aromatic heterocycles. The van der Waals surface area contributed by atoms with Gasteiger partial charge in [-0.25, -0.2) is 0 Å². The summed E-state index contributed by atoms with van der Waals surface area (Å²) in [4.78, 5) is 11.5. The van der Waals surface area contributed by atoms with Gasteiger partial charge in [-0.2, -0.15) is 0 Å². The van der Waals surface area contributed by atoms with Gasteiger partial charge in [0, 0.05) is 11.1 Å². The number of benzene rings is 1. The summed E-state index contributed by atoms with van der Waals surface area (Å²) >= 11 is 1.15. The van der Waals surface area contributed by atoms with Crippen LogP contribution < -0.4 is 10.6 Å². The van der Waals surface area contributed by atoms with Crippen LogP contribution in [0.25, 0.3) is 11.3 Å². The van der Waals surface area contributed by atoms with Crippen molar-refractivity contribution in [3.63, 3.8) is 0 Å². The van der Waals surface area contributed by atoms with Crippen LogP contribution in [0.1, 0.15) is 0 Å². The second kappa shape index (κ2) is 4.25. The van der Waals surface area contributed by atoms with E-state index in [-0.39, 0.29) is 4.87 Å². The predicted octanol–water partition coefficient (Wildman–Crippen LogP) is 1.79. The number of aromatic nitrogens is 1. The Morgan fingerprint density at radius 3 is 2.69 bits per heavy atom. The number of nitrogen functional groups attached to an aromatic ring is 1. The molecule has 0 saturated heterocycles. The topological polar surface area (TPSA) is 48.0 Å². The van der Waals surface area contributed by atoms with Crippen LogP contribution in [0.5, 0.6) is 0 Å². The molecule has 0 aliphatic carbocycles. The van der Waals surface area contributed by atoms with Crippen LogP contribution in [-0.2, 0) is 6.54 Å². The van der Waals surface area contributed by atoms with Gasteiger partial charge in [-0.1, -0.05) is 29.4 Å². The lowest BCUT2D eigenvalue weighted by Crippen LogP contribution is -2.13. The van der Waals surface area contributed by atoms with Gasteiger partial charge >= 0.3 is 4.87 Å². The summed E-state index contributed by atoms with van der Waals surface area (Å²) < 4.78 is 1.58. The van der Waals surface area contributed by atoms with E-state index >= 15 is 0 Å². The Morgan fingerprint density at radius 1 is 1.38 bits per heavy atom. The fourth-order valence-electron chi connectivity index (χ4n) is 1.45. The number of anilines is 1. The Bertz CT molecular complexity index is 587. The Labute approximate surface area is 97.2 Å². The molecule has 80 valence electrons. The Morgan fingerprint density at radius 2 is 2.06 bits per heavy atom. The molecule has 2 aromatic rings. The summed E-state index contributed by atoms with van der Waals surface area (Å²) in [6.45, 7) is 0.294. The third kappa shape index (κ3) is 1.86. The number of nitrogens with zero attached hydrogens (tertiary/aromatic N) is 1. The molecule has 1 aromatic carbocycles. The van der Waals surface area contributed by atoms with Gasteiger partial charge in [-0.15, -0.1) is 6.42 Å². The van der Waals surface area contributed by atoms with Gasteiger partial charge in [0.25, 0.3) is 0 Å². The molecule has 0 aliphatic heterocycles. The lowest BCUT2D eigenvalue weighted by Gasteiger charge is -2.04. The minimum Gasteiger partial charge on any atom is -0.399 e. The van der Waals surface area contributed by atoms with Crippen molar-refractivity contribution in [2.24, 2.45) is 0 Å². The summed E-state index contributed by atoms with van der Waals surface area (Å²) in [5.41, 5.74) is 8.10. The van der Waals surface area contributed by atoms with Crippen LogP contribution in [0.15, 0.2) is 34.4 Å². The van der Waals surface area contributed by atoms with Gasteiger partial charge in [0.05, 0.1) is 12.2 Å². The second-order valence-electron chi connectivity index (χ2n) is 3.30. The van der Waals surface area contributed by atoms with Gasteiger partial charge in [0.2, 0.25) is 0 Å². The van der Waals surface area contributed by atoms with Crippen molar-refractivity contribution in [3.8, 4) is 23.6 Å². The molecular formula is C12H10N2OS. The number of thiazole rings is 1. The summed E-state index contributed by atoms with van der Waals surface area (Å²) in [6.07, 6.45) is 5.23. The third-order valence-electron chi connectivity index (χ3n) is 2.24. The van der Waals surface area contributed by atoms with E-state index in [2.05, 4.69) is 5.92 Å². The Balaban J connectivity index is 2.52. The maximum atomic E-state index is 11.5. The molecule has 3 nitrogen and oxygen atoms in total. The average Bonchev–Trinajstić information content (AvgIpc) is 2.63. The summed E-state index contributed by atoms with van der Waals surface area (Å²) in [5, 5.41) is 1.81. The first-order valence-electron chi connectivity index (χ1n) is 4.70. The zero-order valence-electron chi connectivity index (χ0n) is 8.51. The molecule has 4 heteroatoms. The van der Waals surface area contributed by atoms with Crippen molar-refractivity contribution in [2.45, 2.75) is 6.54 Å². The van der Waals surface area contributed by atoms with E-state index in [1.54, 1.807) is 16.7 Å². The maximum Gasteiger partial charge on any atom is 0.308 e. The van der Waals surface area contributed by atoms with Crippen LogP contribution in [0, 0.1) is 12.3 Å². The van der Waals surface area contributed by atoms with Crippen LogP contribution in [0.4, 0.5) is 5.69 Å². The molecule has 1 heterocycles. The molecular weight excluding hydrogens is 220 g/mol. The van der Waals surface area contributed by atoms with Crippen molar-refractivity contribution < 1.29 is 0 Å². The number of terminal acetylenes is 1. The number of hydrogen-bond donors (Lipinski definition) is 1. The van der Waals surface area contributed by atoms with Gasteiger partial charge < -0.3 is 5.73 Å². The first kappa shape index (κ1) is 10.5. The highest BCUT2D eigenvalue weighted by atomic mass is 32.1. The molecule has 0 unspecified atom stereocenters. The molecule has 2 N–H and O–H groups in total. The fraction of sp³-hybridized carbons (Fsp3) is 0.0833. The van der Waals surface area contributed by atoms with E-state index < -0.39 is 0 Å². The quantitative estimate of drug-likeness (QED) is 0.631. The Hall–Kier alpha value is -1.99. The van der Waals surface area contributed by atoms with Gasteiger partial charge in [0.1, 0.15) is 0 Å². The highest BCUT2D eigenvalue weighted by Gasteiger charge is 2.07. The van der Waals surface area contributed by atoms with Crippen LogP contribution in [0.3, 0.4) is 0 Å². The summed E-state index contributed by atoms with van der Waals surface area (Å²) in [7, 11) is 0. The van der Waals surface area contributed by atoms with Crippen molar-refractivity contribution in [1.29, 1.82) is 0 Å². The number of rotatable bonds is 2. The third-order valence-corrected chi connectivity index (χ3v) is 3.00. The highest BCUT2D eigenvalue weighted by molar-refractivity contribution is 7.07. The minimum absolute atomic E-state index is 0.0372. The van der Waals surface area contributed by atoms with E-state index in [0.717, 1.165) is 22.6 Å². The standard InChI is InChI=1S/C12H10N2OS/c1-2-7-14-11(8-16-12(14)15)9-3-5-10(13)6-4-9/h1,3-6,8H,7,13H2. The molecule has 16 heavy (non-hydrogen) atoms. The molecule has 0 radical (unpaired) electrons. The molecule has 0 atom stereocenters. The van der Waals surface area contributed by atoms with E-state index in [1.807, 2.05) is 17.5 Å². The van der Waals surface area contributed by atoms with E-state index in [9.17, 15) is 4.79 Å². The van der Waals surface area contributed by atoms with E-state index in [0.29, 0.717) is 12.2 Å².